The molecule has 0 aromatic heterocycles. The van der Waals surface area contributed by atoms with Gasteiger partial charge in [0.05, 0.1) is 0 Å². The first-order valence-corrected chi connectivity index (χ1v) is 8.11. The minimum atomic E-state index is -0.799. The number of hydrogen-bond donors (Lipinski definition) is 1. The topological polar surface area (TPSA) is 54.4 Å². The summed E-state index contributed by atoms with van der Waals surface area (Å²) in [4.78, 5) is 23.0. The van der Waals surface area contributed by atoms with Gasteiger partial charge < -0.3 is 9.90 Å². The Morgan fingerprint density at radius 1 is 1.29 bits per heavy atom. The van der Waals surface area contributed by atoms with Crippen molar-refractivity contribution < 1.29 is 14.7 Å². The summed E-state index contributed by atoms with van der Waals surface area (Å²) >= 11 is 0. The van der Waals surface area contributed by atoms with Gasteiger partial charge in [0.2, 0.25) is 0 Å². The average molecular weight is 292 g/mol. The predicted octanol–water partition coefficient (Wildman–Crippen LogP) is 4.22. The highest BCUT2D eigenvalue weighted by atomic mass is 16.4. The first kappa shape index (κ1) is 16.3. The van der Waals surface area contributed by atoms with E-state index in [1.165, 1.54) is 6.42 Å². The fraction of sp³-hybridized carbons (Fsp3) is 0.778. The largest absolute Gasteiger partial charge is 0.478 e. The van der Waals surface area contributed by atoms with Crippen LogP contribution in [0.4, 0.5) is 0 Å². The predicted molar refractivity (Wildman–Crippen MR) is 83.0 cm³/mol. The average Bonchev–Trinajstić information content (AvgIpc) is 2.34. The second-order valence-corrected chi connectivity index (χ2v) is 7.89. The minimum absolute atomic E-state index is 0.0113. The van der Waals surface area contributed by atoms with E-state index in [9.17, 15) is 14.7 Å². The number of aliphatic carboxylic acids is 1. The van der Waals surface area contributed by atoms with Crippen molar-refractivity contribution in [3.05, 3.63) is 11.6 Å². The van der Waals surface area contributed by atoms with E-state index in [1.54, 1.807) is 6.92 Å². The lowest BCUT2D eigenvalue weighted by Crippen LogP contribution is -2.49. The van der Waals surface area contributed by atoms with Gasteiger partial charge in [0, 0.05) is 12.0 Å². The summed E-state index contributed by atoms with van der Waals surface area (Å²) in [6.07, 6.45) is 7.41. The standard InChI is InChI=1S/C18H28O3/c1-12(19)6-8-14-13(16(20)21)7-9-15-17(2,3)10-5-11-18(14,15)4/h7,14-15H,5-6,8-11H2,1-4H3,(H,20,21). The number of carboxylic acid groups (broad SMARTS) is 1. The maximum Gasteiger partial charge on any atom is 0.331 e. The molecule has 3 heteroatoms. The minimum Gasteiger partial charge on any atom is -0.478 e. The molecule has 1 N–H and O–H groups in total. The molecule has 0 aromatic rings. The van der Waals surface area contributed by atoms with Crippen molar-refractivity contribution in [2.24, 2.45) is 22.7 Å². The molecule has 0 spiro atoms. The molecule has 1 saturated carbocycles. The Kier molecular flexibility index (Phi) is 4.32. The van der Waals surface area contributed by atoms with Gasteiger partial charge in [0.1, 0.15) is 5.78 Å². The molecule has 0 radical (unpaired) electrons. The summed E-state index contributed by atoms with van der Waals surface area (Å²) in [5.74, 6) is -0.122. The molecular weight excluding hydrogens is 264 g/mol. The van der Waals surface area contributed by atoms with Gasteiger partial charge in [-0.15, -0.1) is 0 Å². The van der Waals surface area contributed by atoms with Gasteiger partial charge in [-0.1, -0.05) is 33.3 Å². The molecule has 0 aliphatic heterocycles. The number of allylic oxidation sites excluding steroid dienone is 1. The number of rotatable bonds is 4. The Balaban J connectivity index is 2.38. The molecule has 0 saturated heterocycles. The van der Waals surface area contributed by atoms with Gasteiger partial charge in [0.25, 0.3) is 0 Å². The van der Waals surface area contributed by atoms with Crippen LogP contribution in [0.25, 0.3) is 0 Å². The van der Waals surface area contributed by atoms with E-state index in [2.05, 4.69) is 20.8 Å². The third kappa shape index (κ3) is 2.93. The van der Waals surface area contributed by atoms with Crippen molar-refractivity contribution >= 4 is 11.8 Å². The van der Waals surface area contributed by atoms with Crippen LogP contribution in [0.3, 0.4) is 0 Å². The highest BCUT2D eigenvalue weighted by Gasteiger charge is 2.53. The van der Waals surface area contributed by atoms with E-state index in [4.69, 9.17) is 0 Å². The molecule has 2 aliphatic carbocycles. The van der Waals surface area contributed by atoms with Crippen molar-refractivity contribution in [3.8, 4) is 0 Å². The Morgan fingerprint density at radius 3 is 2.52 bits per heavy atom. The molecule has 0 aromatic carbocycles. The van der Waals surface area contributed by atoms with Gasteiger partial charge in [-0.25, -0.2) is 4.79 Å². The zero-order valence-electron chi connectivity index (χ0n) is 13.7. The van der Waals surface area contributed by atoms with E-state index in [0.717, 1.165) is 19.3 Å². The van der Waals surface area contributed by atoms with Crippen LogP contribution < -0.4 is 0 Å². The smallest absolute Gasteiger partial charge is 0.331 e. The summed E-state index contributed by atoms with van der Waals surface area (Å²) in [6.45, 7) is 8.49. The number of carboxylic acids is 1. The lowest BCUT2D eigenvalue weighted by atomic mass is 9.48. The number of hydrogen-bond acceptors (Lipinski definition) is 2. The molecule has 0 heterocycles. The highest BCUT2D eigenvalue weighted by Crippen LogP contribution is 2.60. The maximum absolute atomic E-state index is 11.6. The number of fused-ring (bicyclic) bond motifs is 1. The van der Waals surface area contributed by atoms with E-state index in [1.807, 2.05) is 6.08 Å². The van der Waals surface area contributed by atoms with Gasteiger partial charge in [0.15, 0.2) is 0 Å². The molecule has 2 rings (SSSR count). The Bertz CT molecular complexity index is 475. The van der Waals surface area contributed by atoms with Crippen molar-refractivity contribution in [1.29, 1.82) is 0 Å². The molecule has 3 unspecified atom stereocenters. The molecule has 21 heavy (non-hydrogen) atoms. The fourth-order valence-corrected chi connectivity index (χ4v) is 4.98. The number of carbonyl (C=O) groups is 2. The van der Waals surface area contributed by atoms with Gasteiger partial charge in [-0.05, 0) is 55.3 Å². The molecule has 0 bridgehead atoms. The lowest BCUT2D eigenvalue weighted by Gasteiger charge is -2.56. The zero-order valence-corrected chi connectivity index (χ0v) is 13.7. The van der Waals surface area contributed by atoms with Crippen LogP contribution in [0.2, 0.25) is 0 Å². The van der Waals surface area contributed by atoms with Crippen LogP contribution in [-0.2, 0) is 9.59 Å². The maximum atomic E-state index is 11.6. The number of ketones is 1. The molecule has 2 aliphatic rings. The molecule has 3 atom stereocenters. The molecule has 1 fully saturated rings. The Labute approximate surface area is 127 Å². The quantitative estimate of drug-likeness (QED) is 0.844. The summed E-state index contributed by atoms with van der Waals surface area (Å²) in [6, 6.07) is 0. The van der Waals surface area contributed by atoms with Crippen molar-refractivity contribution in [2.45, 2.75) is 66.2 Å². The lowest BCUT2D eigenvalue weighted by molar-refractivity contribution is -0.136. The monoisotopic (exact) mass is 292 g/mol. The van der Waals surface area contributed by atoms with Crippen LogP contribution in [0.5, 0.6) is 0 Å². The third-order valence-electron chi connectivity index (χ3n) is 6.05. The molecular formula is C18H28O3. The first-order chi connectivity index (χ1) is 9.68. The van der Waals surface area contributed by atoms with Crippen LogP contribution in [-0.4, -0.2) is 16.9 Å². The molecule has 118 valence electrons. The highest BCUT2D eigenvalue weighted by molar-refractivity contribution is 5.87. The second kappa shape index (κ2) is 5.58. The summed E-state index contributed by atoms with van der Waals surface area (Å²) in [5, 5.41) is 9.56. The van der Waals surface area contributed by atoms with Crippen LogP contribution in [0.1, 0.15) is 66.2 Å². The normalized spacial score (nSPS) is 34.8. The Hall–Kier alpha value is -1.12. The SMILES string of the molecule is CC(=O)CCC1C(C(=O)O)=CCC2C(C)(C)CCCC12C. The second-order valence-electron chi connectivity index (χ2n) is 7.89. The van der Waals surface area contributed by atoms with E-state index >= 15 is 0 Å². The summed E-state index contributed by atoms with van der Waals surface area (Å²) in [7, 11) is 0. The van der Waals surface area contributed by atoms with Gasteiger partial charge >= 0.3 is 5.97 Å². The van der Waals surface area contributed by atoms with Crippen molar-refractivity contribution in [2.75, 3.05) is 0 Å². The van der Waals surface area contributed by atoms with Crippen LogP contribution >= 0.6 is 0 Å². The Morgan fingerprint density at radius 2 is 1.95 bits per heavy atom. The number of carbonyl (C=O) groups excluding carboxylic acids is 1. The third-order valence-corrected chi connectivity index (χ3v) is 6.05. The molecule has 3 nitrogen and oxygen atoms in total. The van der Waals surface area contributed by atoms with Crippen LogP contribution in [0.15, 0.2) is 11.6 Å². The summed E-state index contributed by atoms with van der Waals surface area (Å²) < 4.78 is 0. The van der Waals surface area contributed by atoms with Crippen molar-refractivity contribution in [1.82, 2.24) is 0 Å². The zero-order chi connectivity index (χ0) is 15.8. The van der Waals surface area contributed by atoms with E-state index < -0.39 is 5.97 Å². The van der Waals surface area contributed by atoms with E-state index in [-0.39, 0.29) is 22.5 Å². The van der Waals surface area contributed by atoms with E-state index in [0.29, 0.717) is 24.3 Å². The number of Topliss-reactive ketones (excluding diaryl/α,β-unsaturated/α-hetero) is 1. The van der Waals surface area contributed by atoms with Crippen LogP contribution in [0, 0.1) is 22.7 Å². The van der Waals surface area contributed by atoms with Gasteiger partial charge in [-0.2, -0.15) is 0 Å². The molecule has 0 amide bonds. The first-order valence-electron chi connectivity index (χ1n) is 8.11. The van der Waals surface area contributed by atoms with Crippen molar-refractivity contribution in [3.63, 3.8) is 0 Å². The summed E-state index contributed by atoms with van der Waals surface area (Å²) in [5.41, 5.74) is 0.814. The van der Waals surface area contributed by atoms with Gasteiger partial charge in [-0.3, -0.25) is 0 Å². The fourth-order valence-electron chi connectivity index (χ4n) is 4.98.